The summed E-state index contributed by atoms with van der Waals surface area (Å²) in [5.74, 6) is 1.71. The molecule has 60 heavy (non-hydrogen) atoms. The van der Waals surface area contributed by atoms with Crippen molar-refractivity contribution < 1.29 is 9.47 Å². The van der Waals surface area contributed by atoms with E-state index >= 15 is 0 Å². The number of benzene rings is 5. The molecule has 5 aromatic carbocycles. The van der Waals surface area contributed by atoms with E-state index in [0.717, 1.165) is 68.8 Å². The van der Waals surface area contributed by atoms with E-state index in [1.54, 1.807) is 0 Å². The fourth-order valence-electron chi connectivity index (χ4n) is 6.85. The van der Waals surface area contributed by atoms with Gasteiger partial charge in [-0.25, -0.2) is 0 Å². The van der Waals surface area contributed by atoms with Gasteiger partial charge in [-0.1, -0.05) is 199 Å². The number of hydrogen-bond donors (Lipinski definition) is 0. The van der Waals surface area contributed by atoms with Crippen LogP contribution in [0.3, 0.4) is 0 Å². The molecule has 0 saturated carbocycles. The van der Waals surface area contributed by atoms with Crippen LogP contribution in [0.1, 0.15) is 147 Å². The Balaban J connectivity index is 1.37. The van der Waals surface area contributed by atoms with Crippen molar-refractivity contribution >= 4 is 48.6 Å². The molecule has 0 amide bonds. The minimum absolute atomic E-state index is 0.657. The summed E-state index contributed by atoms with van der Waals surface area (Å²) in [5.41, 5.74) is 9.67. The molecule has 306 valence electrons. The average Bonchev–Trinajstić information content (AvgIpc) is 3.29. The molecule has 0 N–H and O–H groups in total. The third kappa shape index (κ3) is 15.8. The second kappa shape index (κ2) is 25.9. The van der Waals surface area contributed by atoms with E-state index in [1.165, 1.54) is 64.2 Å². The molecule has 0 aliphatic carbocycles. The third-order valence-electron chi connectivity index (χ3n) is 10.4. The SMILES string of the molecule is CCCCCCCCOc1cc(/C=C/c2ccc(/C=C/c3cccc(C#N)c3)cc2)c(OCCCCCCCC)cc1/C=C/c1ccc(/C=C/c2cccc(C#N)c2)cc1. The molecule has 0 spiro atoms. The van der Waals surface area contributed by atoms with E-state index < -0.39 is 0 Å². The highest BCUT2D eigenvalue weighted by Crippen LogP contribution is 2.33. The number of hydrogen-bond acceptors (Lipinski definition) is 4. The fraction of sp³-hybridized carbons (Fsp3) is 0.286. The quantitative estimate of drug-likeness (QED) is 0.0461. The van der Waals surface area contributed by atoms with Gasteiger partial charge in [0, 0.05) is 11.1 Å². The summed E-state index contributed by atoms with van der Waals surface area (Å²) in [6.07, 6.45) is 31.3. The predicted molar refractivity (Wildman–Crippen MR) is 255 cm³/mol. The Kier molecular flexibility index (Phi) is 19.3. The van der Waals surface area contributed by atoms with Crippen LogP contribution in [0.4, 0.5) is 0 Å². The van der Waals surface area contributed by atoms with Gasteiger partial charge in [-0.2, -0.15) is 10.5 Å². The molecule has 0 atom stereocenters. The summed E-state index contributed by atoms with van der Waals surface area (Å²) in [6.45, 7) is 5.84. The van der Waals surface area contributed by atoms with Crippen molar-refractivity contribution in [3.05, 3.63) is 165 Å². The van der Waals surface area contributed by atoms with Crippen LogP contribution in [0, 0.1) is 22.7 Å². The molecule has 0 fully saturated rings. The molecule has 0 aliphatic heterocycles. The molecule has 4 heteroatoms. The van der Waals surface area contributed by atoms with Gasteiger partial charge in [-0.15, -0.1) is 0 Å². The van der Waals surface area contributed by atoms with E-state index in [4.69, 9.17) is 9.47 Å². The summed E-state index contributed by atoms with van der Waals surface area (Å²) in [7, 11) is 0. The van der Waals surface area contributed by atoms with E-state index in [9.17, 15) is 10.5 Å². The van der Waals surface area contributed by atoms with E-state index in [1.807, 2.05) is 60.7 Å². The highest BCUT2D eigenvalue weighted by atomic mass is 16.5. The number of nitriles is 2. The Morgan fingerprint density at radius 3 is 1.08 bits per heavy atom. The number of rotatable bonds is 24. The molecule has 0 unspecified atom stereocenters. The monoisotopic (exact) mass is 792 g/mol. The smallest absolute Gasteiger partial charge is 0.127 e. The minimum atomic E-state index is 0.657. The minimum Gasteiger partial charge on any atom is -0.493 e. The molecule has 0 aliphatic rings. The van der Waals surface area contributed by atoms with E-state index in [0.29, 0.717) is 24.3 Å². The second-order valence-electron chi connectivity index (χ2n) is 15.3. The Morgan fingerprint density at radius 1 is 0.383 bits per heavy atom. The highest BCUT2D eigenvalue weighted by molar-refractivity contribution is 5.80. The van der Waals surface area contributed by atoms with Crippen LogP contribution in [0.15, 0.2) is 109 Å². The van der Waals surface area contributed by atoms with Crippen molar-refractivity contribution in [1.29, 1.82) is 10.5 Å². The zero-order chi connectivity index (χ0) is 42.0. The molecule has 0 radical (unpaired) electrons. The van der Waals surface area contributed by atoms with Crippen molar-refractivity contribution in [3.8, 4) is 23.6 Å². The second-order valence-corrected chi connectivity index (χ2v) is 15.3. The Bertz CT molecular complexity index is 2100. The normalized spacial score (nSPS) is 11.5. The van der Waals surface area contributed by atoms with Gasteiger partial charge < -0.3 is 9.47 Å². The van der Waals surface area contributed by atoms with Crippen molar-refractivity contribution in [2.45, 2.75) is 90.9 Å². The largest absolute Gasteiger partial charge is 0.493 e. The van der Waals surface area contributed by atoms with Gasteiger partial charge in [0.15, 0.2) is 0 Å². The maximum atomic E-state index is 9.25. The molecule has 0 aromatic heterocycles. The molecular formula is C56H60N2O2. The van der Waals surface area contributed by atoms with Crippen LogP contribution < -0.4 is 9.47 Å². The molecule has 4 nitrogen and oxygen atoms in total. The molecule has 0 bridgehead atoms. The van der Waals surface area contributed by atoms with Crippen molar-refractivity contribution in [1.82, 2.24) is 0 Å². The van der Waals surface area contributed by atoms with Gasteiger partial charge in [0.1, 0.15) is 11.5 Å². The van der Waals surface area contributed by atoms with Crippen molar-refractivity contribution in [3.63, 3.8) is 0 Å². The van der Waals surface area contributed by atoms with Gasteiger partial charge in [-0.3, -0.25) is 0 Å². The first-order chi connectivity index (χ1) is 29.6. The zero-order valence-corrected chi connectivity index (χ0v) is 35.6. The molecular weight excluding hydrogens is 733 g/mol. The van der Waals surface area contributed by atoms with Crippen molar-refractivity contribution in [2.75, 3.05) is 13.2 Å². The summed E-state index contributed by atoms with van der Waals surface area (Å²) in [5, 5.41) is 18.5. The average molecular weight is 793 g/mol. The predicted octanol–water partition coefficient (Wildman–Crippen LogP) is 15.6. The van der Waals surface area contributed by atoms with Gasteiger partial charge in [-0.05, 0) is 82.6 Å². The Labute approximate surface area is 359 Å². The number of ether oxygens (including phenoxy) is 2. The van der Waals surface area contributed by atoms with Crippen LogP contribution in [-0.4, -0.2) is 13.2 Å². The van der Waals surface area contributed by atoms with Crippen LogP contribution in [-0.2, 0) is 0 Å². The van der Waals surface area contributed by atoms with Crippen molar-refractivity contribution in [2.24, 2.45) is 0 Å². The number of unbranched alkanes of at least 4 members (excludes halogenated alkanes) is 10. The summed E-state index contributed by atoms with van der Waals surface area (Å²) < 4.78 is 13.1. The highest BCUT2D eigenvalue weighted by Gasteiger charge is 2.11. The Hall–Kier alpha value is -6.36. The summed E-state index contributed by atoms with van der Waals surface area (Å²) in [6, 6.07) is 40.9. The zero-order valence-electron chi connectivity index (χ0n) is 35.6. The lowest BCUT2D eigenvalue weighted by atomic mass is 10.0. The lowest BCUT2D eigenvalue weighted by Gasteiger charge is -2.15. The molecule has 0 heterocycles. The van der Waals surface area contributed by atoms with Gasteiger partial charge in [0.05, 0.1) is 36.5 Å². The van der Waals surface area contributed by atoms with Crippen LogP contribution >= 0.6 is 0 Å². The van der Waals surface area contributed by atoms with Crippen LogP contribution in [0.2, 0.25) is 0 Å². The molecule has 5 aromatic rings. The first kappa shape index (κ1) is 44.7. The lowest BCUT2D eigenvalue weighted by molar-refractivity contribution is 0.295. The first-order valence-corrected chi connectivity index (χ1v) is 21.9. The van der Waals surface area contributed by atoms with Gasteiger partial charge in [0.2, 0.25) is 0 Å². The van der Waals surface area contributed by atoms with Crippen LogP contribution in [0.25, 0.3) is 48.6 Å². The number of nitrogens with zero attached hydrogens (tertiary/aromatic N) is 2. The maximum absolute atomic E-state index is 9.25. The third-order valence-corrected chi connectivity index (χ3v) is 10.4. The molecule has 5 rings (SSSR count). The van der Waals surface area contributed by atoms with Crippen LogP contribution in [0.5, 0.6) is 11.5 Å². The fourth-order valence-corrected chi connectivity index (χ4v) is 6.85. The van der Waals surface area contributed by atoms with E-state index in [2.05, 4.69) is 123 Å². The summed E-state index contributed by atoms with van der Waals surface area (Å²) >= 11 is 0. The lowest BCUT2D eigenvalue weighted by Crippen LogP contribution is -2.03. The first-order valence-electron chi connectivity index (χ1n) is 21.9. The Morgan fingerprint density at radius 2 is 0.717 bits per heavy atom. The van der Waals surface area contributed by atoms with Gasteiger partial charge >= 0.3 is 0 Å². The molecule has 0 saturated heterocycles. The standard InChI is InChI=1S/C56H60N2O2/c1-3-5-7-9-11-13-37-59-55-41-54(36-34-48-27-23-46(24-28-48)30-32-50-18-16-20-52(40-50)44-58)56(60-38-14-12-10-8-6-4-2)42-53(55)35-33-47-25-21-45(22-26-47)29-31-49-17-15-19-51(39-49)43-57/h15-36,39-42H,3-14,37-38H2,1-2H3/b31-29+,32-30+,35-33+,36-34+. The van der Waals surface area contributed by atoms with Gasteiger partial charge in [0.25, 0.3) is 0 Å². The van der Waals surface area contributed by atoms with E-state index in [-0.39, 0.29) is 0 Å². The topological polar surface area (TPSA) is 66.0 Å². The maximum Gasteiger partial charge on any atom is 0.127 e. The summed E-state index contributed by atoms with van der Waals surface area (Å²) in [4.78, 5) is 0.